The third-order valence-corrected chi connectivity index (χ3v) is 3.56. The molecule has 0 saturated heterocycles. The van der Waals surface area contributed by atoms with Gasteiger partial charge in [0.25, 0.3) is 5.69 Å². The number of hydrogen-bond acceptors (Lipinski definition) is 4. The summed E-state index contributed by atoms with van der Waals surface area (Å²) in [6, 6.07) is 7.24. The van der Waals surface area contributed by atoms with Gasteiger partial charge in [0.15, 0.2) is 5.82 Å². The lowest BCUT2D eigenvalue weighted by Gasteiger charge is -2.05. The molecular formula is C14H10BrFN4O2. The monoisotopic (exact) mass is 364 g/mol. The zero-order valence-electron chi connectivity index (χ0n) is 11.2. The van der Waals surface area contributed by atoms with Gasteiger partial charge in [0.2, 0.25) is 0 Å². The van der Waals surface area contributed by atoms with Gasteiger partial charge in [-0.1, -0.05) is 0 Å². The van der Waals surface area contributed by atoms with Gasteiger partial charge in [0, 0.05) is 22.9 Å². The van der Waals surface area contributed by atoms with E-state index < -0.39 is 10.7 Å². The van der Waals surface area contributed by atoms with Crippen LogP contribution in [0, 0.1) is 15.9 Å². The van der Waals surface area contributed by atoms with E-state index in [4.69, 9.17) is 0 Å². The van der Waals surface area contributed by atoms with Gasteiger partial charge in [-0.05, 0) is 34.1 Å². The Labute approximate surface area is 132 Å². The number of benzene rings is 1. The van der Waals surface area contributed by atoms with Crippen molar-refractivity contribution < 1.29 is 9.31 Å². The second kappa shape index (κ2) is 5.72. The minimum absolute atomic E-state index is 0.198. The van der Waals surface area contributed by atoms with Gasteiger partial charge in [0.1, 0.15) is 5.65 Å². The average molecular weight is 365 g/mol. The Morgan fingerprint density at radius 2 is 2.14 bits per heavy atom. The SMILES string of the molecule is O=[N+]([O-])c1ccc(NCc2cn3cc(Br)ccc3n2)c(F)c1. The number of fused-ring (bicyclic) bond motifs is 1. The summed E-state index contributed by atoms with van der Waals surface area (Å²) >= 11 is 3.38. The summed E-state index contributed by atoms with van der Waals surface area (Å²) in [5.41, 5.74) is 1.43. The minimum Gasteiger partial charge on any atom is -0.377 e. The topological polar surface area (TPSA) is 72.5 Å². The molecule has 1 aromatic carbocycles. The average Bonchev–Trinajstić information content (AvgIpc) is 2.87. The van der Waals surface area contributed by atoms with Crippen LogP contribution in [0.25, 0.3) is 5.65 Å². The van der Waals surface area contributed by atoms with Crippen LogP contribution in [-0.4, -0.2) is 14.3 Å². The molecule has 0 bridgehead atoms. The summed E-state index contributed by atoms with van der Waals surface area (Å²) in [6.45, 7) is 0.314. The molecule has 112 valence electrons. The van der Waals surface area contributed by atoms with Crippen LogP contribution in [0.4, 0.5) is 15.8 Å². The van der Waals surface area contributed by atoms with E-state index in [0.29, 0.717) is 6.54 Å². The lowest BCUT2D eigenvalue weighted by atomic mass is 10.2. The molecule has 0 aliphatic carbocycles. The van der Waals surface area contributed by atoms with Gasteiger partial charge in [-0.3, -0.25) is 10.1 Å². The highest BCUT2D eigenvalue weighted by atomic mass is 79.9. The summed E-state index contributed by atoms with van der Waals surface area (Å²) in [4.78, 5) is 14.3. The number of nitro benzene ring substituents is 1. The van der Waals surface area contributed by atoms with E-state index >= 15 is 0 Å². The van der Waals surface area contributed by atoms with E-state index in [1.54, 1.807) is 0 Å². The fraction of sp³-hybridized carbons (Fsp3) is 0.0714. The first-order valence-electron chi connectivity index (χ1n) is 6.34. The van der Waals surface area contributed by atoms with E-state index in [9.17, 15) is 14.5 Å². The predicted molar refractivity (Wildman–Crippen MR) is 83.3 cm³/mol. The highest BCUT2D eigenvalue weighted by molar-refractivity contribution is 9.10. The first kappa shape index (κ1) is 14.5. The Morgan fingerprint density at radius 3 is 2.86 bits per heavy atom. The number of rotatable bonds is 4. The molecule has 22 heavy (non-hydrogen) atoms. The zero-order chi connectivity index (χ0) is 15.7. The molecule has 0 aliphatic heterocycles. The number of imidazole rings is 1. The molecule has 1 N–H and O–H groups in total. The molecule has 0 atom stereocenters. The number of nitrogens with one attached hydrogen (secondary N) is 1. The first-order valence-corrected chi connectivity index (χ1v) is 7.13. The number of anilines is 1. The molecule has 3 rings (SSSR count). The van der Waals surface area contributed by atoms with Crippen LogP contribution in [0.1, 0.15) is 5.69 Å². The number of hydrogen-bond donors (Lipinski definition) is 1. The second-order valence-corrected chi connectivity index (χ2v) is 5.54. The smallest absolute Gasteiger partial charge is 0.272 e. The molecule has 8 heteroatoms. The van der Waals surface area contributed by atoms with Crippen LogP contribution in [0.5, 0.6) is 0 Å². The molecule has 0 amide bonds. The highest BCUT2D eigenvalue weighted by Gasteiger charge is 2.11. The fourth-order valence-corrected chi connectivity index (χ4v) is 2.40. The van der Waals surface area contributed by atoms with Crippen LogP contribution in [-0.2, 0) is 6.54 Å². The first-order chi connectivity index (χ1) is 10.5. The van der Waals surface area contributed by atoms with Crippen LogP contribution in [0.2, 0.25) is 0 Å². The Hall–Kier alpha value is -2.48. The summed E-state index contributed by atoms with van der Waals surface area (Å²) < 4.78 is 16.6. The number of nitro groups is 1. The number of nitrogens with zero attached hydrogens (tertiary/aromatic N) is 3. The molecule has 0 unspecified atom stereocenters. The molecule has 0 fully saturated rings. The molecule has 0 radical (unpaired) electrons. The van der Waals surface area contributed by atoms with Crippen molar-refractivity contribution in [3.63, 3.8) is 0 Å². The summed E-state index contributed by atoms with van der Waals surface area (Å²) in [5.74, 6) is -0.666. The fourth-order valence-electron chi connectivity index (χ4n) is 2.05. The number of aromatic nitrogens is 2. The maximum atomic E-state index is 13.8. The Balaban J connectivity index is 1.77. The van der Waals surface area contributed by atoms with E-state index in [-0.39, 0.29) is 11.4 Å². The van der Waals surface area contributed by atoms with Crippen molar-refractivity contribution in [2.45, 2.75) is 6.54 Å². The number of halogens is 2. The highest BCUT2D eigenvalue weighted by Crippen LogP contribution is 2.21. The standard InChI is InChI=1S/C14H10BrFN4O2/c15-9-1-4-14-18-10(8-19(14)7-9)6-17-13-3-2-11(20(21)22)5-12(13)16/h1-5,7-8,17H,6H2. The molecule has 0 aliphatic rings. The molecule has 2 aromatic heterocycles. The second-order valence-electron chi connectivity index (χ2n) is 4.62. The third-order valence-electron chi connectivity index (χ3n) is 3.09. The van der Waals surface area contributed by atoms with Gasteiger partial charge in [0.05, 0.1) is 28.9 Å². The predicted octanol–water partition coefficient (Wildman–Crippen LogP) is 3.76. The molecule has 0 saturated carbocycles. The van der Waals surface area contributed by atoms with Gasteiger partial charge < -0.3 is 9.72 Å². The minimum atomic E-state index is -0.666. The molecule has 2 heterocycles. The number of non-ortho nitro benzene ring substituents is 1. The quantitative estimate of drug-likeness (QED) is 0.565. The van der Waals surface area contributed by atoms with Crippen molar-refractivity contribution in [2.24, 2.45) is 0 Å². The van der Waals surface area contributed by atoms with E-state index in [2.05, 4.69) is 26.2 Å². The Kier molecular flexibility index (Phi) is 3.76. The van der Waals surface area contributed by atoms with Gasteiger partial charge in [-0.2, -0.15) is 0 Å². The van der Waals surface area contributed by atoms with Crippen molar-refractivity contribution in [2.75, 3.05) is 5.32 Å². The van der Waals surface area contributed by atoms with Crippen LogP contribution in [0.15, 0.2) is 47.2 Å². The normalized spacial score (nSPS) is 10.8. The van der Waals surface area contributed by atoms with Crippen LogP contribution in [0.3, 0.4) is 0 Å². The van der Waals surface area contributed by atoms with E-state index in [1.165, 1.54) is 12.1 Å². The summed E-state index contributed by atoms with van der Waals surface area (Å²) in [7, 11) is 0. The third kappa shape index (κ3) is 2.91. The lowest BCUT2D eigenvalue weighted by molar-refractivity contribution is -0.385. The van der Waals surface area contributed by atoms with Crippen molar-refractivity contribution in [1.82, 2.24) is 9.38 Å². The van der Waals surface area contributed by atoms with Crippen molar-refractivity contribution in [3.8, 4) is 0 Å². The maximum Gasteiger partial charge on any atom is 0.272 e. The molecule has 3 aromatic rings. The van der Waals surface area contributed by atoms with Crippen LogP contribution >= 0.6 is 15.9 Å². The Bertz CT molecular complexity index is 865. The van der Waals surface area contributed by atoms with Crippen molar-refractivity contribution >= 4 is 33.0 Å². The van der Waals surface area contributed by atoms with E-state index in [0.717, 1.165) is 21.9 Å². The zero-order valence-corrected chi connectivity index (χ0v) is 12.7. The maximum absolute atomic E-state index is 13.8. The lowest BCUT2D eigenvalue weighted by Crippen LogP contribution is -2.02. The summed E-state index contributed by atoms with van der Waals surface area (Å²) in [5, 5.41) is 13.5. The number of pyridine rings is 1. The van der Waals surface area contributed by atoms with Crippen LogP contribution < -0.4 is 5.32 Å². The molecule has 6 nitrogen and oxygen atoms in total. The van der Waals surface area contributed by atoms with Gasteiger partial charge >= 0.3 is 0 Å². The van der Waals surface area contributed by atoms with Gasteiger partial charge in [-0.15, -0.1) is 0 Å². The van der Waals surface area contributed by atoms with Crippen molar-refractivity contribution in [1.29, 1.82) is 0 Å². The Morgan fingerprint density at radius 1 is 1.32 bits per heavy atom. The van der Waals surface area contributed by atoms with Crippen molar-refractivity contribution in [3.05, 3.63) is 68.8 Å². The summed E-state index contributed by atoms with van der Waals surface area (Å²) in [6.07, 6.45) is 3.70. The molecular weight excluding hydrogens is 355 g/mol. The largest absolute Gasteiger partial charge is 0.377 e. The molecule has 0 spiro atoms. The van der Waals surface area contributed by atoms with E-state index in [1.807, 2.05) is 28.9 Å². The van der Waals surface area contributed by atoms with Gasteiger partial charge in [-0.25, -0.2) is 9.37 Å².